The van der Waals surface area contributed by atoms with Crippen LogP contribution in [0.1, 0.15) is 6.42 Å². The van der Waals surface area contributed by atoms with Gasteiger partial charge in [0.15, 0.2) is 0 Å². The van der Waals surface area contributed by atoms with Crippen molar-refractivity contribution >= 4 is 8.80 Å². The van der Waals surface area contributed by atoms with Gasteiger partial charge in [-0.15, -0.1) is 0 Å². The van der Waals surface area contributed by atoms with Crippen LogP contribution in [0.3, 0.4) is 0 Å². The molecule has 122 valence electrons. The predicted octanol–water partition coefficient (Wildman–Crippen LogP) is -0.936. The third-order valence-corrected chi connectivity index (χ3v) is 6.09. The summed E-state index contributed by atoms with van der Waals surface area (Å²) in [6.45, 7) is 5.94. The highest BCUT2D eigenvalue weighted by molar-refractivity contribution is 6.60. The lowest BCUT2D eigenvalue weighted by Gasteiger charge is -2.26. The minimum atomic E-state index is -2.44. The lowest BCUT2D eigenvalue weighted by Crippen LogP contribution is -2.44. The number of nitrogens with zero attached hydrogens (tertiary/aromatic N) is 1. The van der Waals surface area contributed by atoms with Crippen LogP contribution in [-0.4, -0.2) is 80.8 Å². The zero-order valence-electron chi connectivity index (χ0n) is 13.2. The zero-order chi connectivity index (χ0) is 15.3. The topological polar surface area (TPSA) is 95.0 Å². The Labute approximate surface area is 124 Å². The van der Waals surface area contributed by atoms with Crippen LogP contribution in [0, 0.1) is 0 Å². The van der Waals surface area contributed by atoms with Gasteiger partial charge in [0.1, 0.15) is 0 Å². The standard InChI is InChI=1S/C12H32N4O3Si/c1-17-20(18-2,19-3)12-4-9-16(10-6-14)11-8-15-7-5-13/h15H,4-14H2,1-3H3. The molecule has 0 bridgehead atoms. The summed E-state index contributed by atoms with van der Waals surface area (Å²) in [5.41, 5.74) is 11.1. The molecule has 0 amide bonds. The molecule has 0 radical (unpaired) electrons. The maximum Gasteiger partial charge on any atom is 0.500 e. The Hall–Kier alpha value is -0.0631. The van der Waals surface area contributed by atoms with E-state index in [-0.39, 0.29) is 0 Å². The first-order valence-corrected chi connectivity index (χ1v) is 9.09. The molecule has 0 aliphatic carbocycles. The first kappa shape index (κ1) is 19.9. The van der Waals surface area contributed by atoms with E-state index in [0.717, 1.165) is 45.2 Å². The van der Waals surface area contributed by atoms with E-state index in [0.29, 0.717) is 13.1 Å². The molecular weight excluding hydrogens is 276 g/mol. The zero-order valence-corrected chi connectivity index (χ0v) is 14.2. The molecule has 0 aromatic rings. The fourth-order valence-corrected chi connectivity index (χ4v) is 3.76. The average Bonchev–Trinajstić information content (AvgIpc) is 2.48. The minimum Gasteiger partial charge on any atom is -0.377 e. The number of nitrogens with one attached hydrogen (secondary N) is 1. The Morgan fingerprint density at radius 2 is 1.55 bits per heavy atom. The highest BCUT2D eigenvalue weighted by Gasteiger charge is 2.36. The molecule has 0 rings (SSSR count). The Bertz CT molecular complexity index is 213. The van der Waals surface area contributed by atoms with E-state index in [2.05, 4.69) is 10.2 Å². The van der Waals surface area contributed by atoms with Gasteiger partial charge in [0.2, 0.25) is 0 Å². The average molecular weight is 308 g/mol. The molecule has 0 saturated heterocycles. The molecule has 0 aliphatic heterocycles. The second-order valence-electron chi connectivity index (χ2n) is 4.57. The normalized spacial score (nSPS) is 12.3. The molecule has 0 saturated carbocycles. The van der Waals surface area contributed by atoms with Crippen molar-refractivity contribution in [1.82, 2.24) is 10.2 Å². The van der Waals surface area contributed by atoms with E-state index in [9.17, 15) is 0 Å². The summed E-state index contributed by atoms with van der Waals surface area (Å²) in [6, 6.07) is 0.813. The van der Waals surface area contributed by atoms with Gasteiger partial charge >= 0.3 is 8.80 Å². The van der Waals surface area contributed by atoms with E-state index in [1.807, 2.05) is 0 Å². The lowest BCUT2D eigenvalue weighted by atomic mass is 10.4. The van der Waals surface area contributed by atoms with Gasteiger partial charge in [0.25, 0.3) is 0 Å². The van der Waals surface area contributed by atoms with Crippen LogP contribution in [0.5, 0.6) is 0 Å². The number of hydrogen-bond donors (Lipinski definition) is 3. The Balaban J connectivity index is 4.00. The number of rotatable bonds is 14. The summed E-state index contributed by atoms with van der Waals surface area (Å²) in [6.07, 6.45) is 0.971. The summed E-state index contributed by atoms with van der Waals surface area (Å²) >= 11 is 0. The van der Waals surface area contributed by atoms with Gasteiger partial charge in [-0.05, 0) is 13.0 Å². The maximum absolute atomic E-state index is 5.65. The van der Waals surface area contributed by atoms with Gasteiger partial charge < -0.3 is 35.0 Å². The maximum atomic E-state index is 5.65. The van der Waals surface area contributed by atoms with E-state index in [4.69, 9.17) is 24.7 Å². The van der Waals surface area contributed by atoms with Gasteiger partial charge in [-0.25, -0.2) is 0 Å². The fourth-order valence-electron chi connectivity index (χ4n) is 2.06. The van der Waals surface area contributed by atoms with Gasteiger partial charge in [-0.2, -0.15) is 0 Å². The number of nitrogens with two attached hydrogens (primary N) is 2. The van der Waals surface area contributed by atoms with Gasteiger partial charge in [-0.1, -0.05) is 0 Å². The largest absolute Gasteiger partial charge is 0.500 e. The molecule has 0 heterocycles. The van der Waals surface area contributed by atoms with Crippen molar-refractivity contribution in [3.05, 3.63) is 0 Å². The van der Waals surface area contributed by atoms with Crippen LogP contribution < -0.4 is 16.8 Å². The predicted molar refractivity (Wildman–Crippen MR) is 83.6 cm³/mol. The lowest BCUT2D eigenvalue weighted by molar-refractivity contribution is 0.121. The van der Waals surface area contributed by atoms with Crippen LogP contribution in [0.15, 0.2) is 0 Å². The molecule has 20 heavy (non-hydrogen) atoms. The molecule has 0 atom stereocenters. The van der Waals surface area contributed by atoms with Crippen molar-refractivity contribution in [1.29, 1.82) is 0 Å². The molecule has 5 N–H and O–H groups in total. The van der Waals surface area contributed by atoms with E-state index < -0.39 is 8.80 Å². The Morgan fingerprint density at radius 3 is 2.05 bits per heavy atom. The number of hydrogen-bond acceptors (Lipinski definition) is 7. The van der Waals surface area contributed by atoms with E-state index in [1.54, 1.807) is 21.3 Å². The van der Waals surface area contributed by atoms with Crippen molar-refractivity contribution in [2.45, 2.75) is 12.5 Å². The smallest absolute Gasteiger partial charge is 0.377 e. The van der Waals surface area contributed by atoms with E-state index >= 15 is 0 Å². The molecule has 7 nitrogen and oxygen atoms in total. The second-order valence-corrected chi connectivity index (χ2v) is 7.66. The first-order valence-electron chi connectivity index (χ1n) is 7.16. The molecular formula is C12H32N4O3Si. The first-order chi connectivity index (χ1) is 9.67. The van der Waals surface area contributed by atoms with E-state index in [1.165, 1.54) is 0 Å². The third-order valence-electron chi connectivity index (χ3n) is 3.26. The molecule has 0 unspecified atom stereocenters. The quantitative estimate of drug-likeness (QED) is 0.282. The van der Waals surface area contributed by atoms with Crippen molar-refractivity contribution in [3.8, 4) is 0 Å². The third kappa shape index (κ3) is 8.27. The fraction of sp³-hybridized carbons (Fsp3) is 1.00. The van der Waals surface area contributed by atoms with Gasteiger partial charge in [-0.3, -0.25) is 0 Å². The second kappa shape index (κ2) is 12.7. The van der Waals surface area contributed by atoms with Crippen LogP contribution in [0.4, 0.5) is 0 Å². The van der Waals surface area contributed by atoms with Crippen LogP contribution >= 0.6 is 0 Å². The van der Waals surface area contributed by atoms with Crippen LogP contribution in [0.25, 0.3) is 0 Å². The van der Waals surface area contributed by atoms with Crippen LogP contribution in [-0.2, 0) is 13.3 Å². The molecule has 0 aromatic heterocycles. The molecule has 0 spiro atoms. The van der Waals surface area contributed by atoms with Crippen molar-refractivity contribution in [2.75, 3.05) is 67.1 Å². The molecule has 0 fully saturated rings. The summed E-state index contributed by atoms with van der Waals surface area (Å²) in [5, 5.41) is 3.29. The summed E-state index contributed by atoms with van der Waals surface area (Å²) < 4.78 is 16.2. The SMILES string of the molecule is CO[Si](CCCN(CCN)CCNCCN)(OC)OC. The molecule has 8 heteroatoms. The van der Waals surface area contributed by atoms with Crippen LogP contribution in [0.2, 0.25) is 6.04 Å². The highest BCUT2D eigenvalue weighted by atomic mass is 28.4. The van der Waals surface area contributed by atoms with Gasteiger partial charge in [0.05, 0.1) is 0 Å². The van der Waals surface area contributed by atoms with Crippen molar-refractivity contribution in [2.24, 2.45) is 11.5 Å². The summed E-state index contributed by atoms with van der Waals surface area (Å²) in [4.78, 5) is 2.34. The monoisotopic (exact) mass is 308 g/mol. The molecule has 0 aromatic carbocycles. The summed E-state index contributed by atoms with van der Waals surface area (Å²) in [5.74, 6) is 0. The Morgan fingerprint density at radius 1 is 0.900 bits per heavy atom. The minimum absolute atomic E-state index is 0.665. The van der Waals surface area contributed by atoms with Crippen molar-refractivity contribution < 1.29 is 13.3 Å². The highest BCUT2D eigenvalue weighted by Crippen LogP contribution is 2.15. The van der Waals surface area contributed by atoms with Crippen molar-refractivity contribution in [3.63, 3.8) is 0 Å². The molecule has 0 aliphatic rings. The van der Waals surface area contributed by atoms with Gasteiger partial charge in [0, 0.05) is 66.6 Å². The Kier molecular flexibility index (Phi) is 12.6. The summed E-state index contributed by atoms with van der Waals surface area (Å²) in [7, 11) is 2.50.